The van der Waals surface area contributed by atoms with Gasteiger partial charge in [-0.3, -0.25) is 9.59 Å². The van der Waals surface area contributed by atoms with E-state index in [-0.39, 0.29) is 17.6 Å². The summed E-state index contributed by atoms with van der Waals surface area (Å²) >= 11 is 3.56. The lowest BCUT2D eigenvalue weighted by Crippen LogP contribution is -2.30. The van der Waals surface area contributed by atoms with Gasteiger partial charge in [-0.2, -0.15) is 0 Å². The van der Waals surface area contributed by atoms with Crippen LogP contribution in [0.25, 0.3) is 0 Å². The molecule has 2 aromatic carbocycles. The van der Waals surface area contributed by atoms with Gasteiger partial charge in [-0.25, -0.2) is 0 Å². The lowest BCUT2D eigenvalue weighted by atomic mass is 10.1. The van der Waals surface area contributed by atoms with Crippen molar-refractivity contribution >= 4 is 27.7 Å². The van der Waals surface area contributed by atoms with Gasteiger partial charge in [0.25, 0.3) is 0 Å². The number of rotatable bonds is 11. The summed E-state index contributed by atoms with van der Waals surface area (Å²) in [6, 6.07) is 12.6. The minimum Gasteiger partial charge on any atom is -0.508 e. The molecule has 0 radical (unpaired) electrons. The van der Waals surface area contributed by atoms with E-state index >= 15 is 0 Å². The number of ether oxygens (including phenoxy) is 1. The van der Waals surface area contributed by atoms with Crippen molar-refractivity contribution in [2.24, 2.45) is 0 Å². The van der Waals surface area contributed by atoms with Crippen LogP contribution in [0.5, 0.6) is 11.5 Å². The Morgan fingerprint density at radius 1 is 0.968 bits per heavy atom. The van der Waals surface area contributed by atoms with E-state index < -0.39 is 0 Å². The van der Waals surface area contributed by atoms with E-state index in [0.29, 0.717) is 32.5 Å². The van der Waals surface area contributed by atoms with Gasteiger partial charge >= 0.3 is 0 Å². The number of nitrogens with zero attached hydrogens (tertiary/aromatic N) is 2. The van der Waals surface area contributed by atoms with E-state index in [9.17, 15) is 14.7 Å². The predicted molar refractivity (Wildman–Crippen MR) is 125 cm³/mol. The number of amides is 2. The standard InChI is InChI=1S/C24H31BrN2O4/c1-4-23(29)27(3)14-12-19-8-11-22(21(25)16-19)31-15-5-13-26(2)24(30)17-18-6-9-20(28)10-7-18/h6-11,16,28H,4-5,12-15,17H2,1-3H3. The fourth-order valence-electron chi connectivity index (χ4n) is 3.04. The second-order valence-electron chi connectivity index (χ2n) is 7.54. The first-order valence-corrected chi connectivity index (χ1v) is 11.3. The van der Waals surface area contributed by atoms with Crippen LogP contribution in [0.4, 0.5) is 0 Å². The first-order valence-electron chi connectivity index (χ1n) is 10.5. The zero-order valence-electron chi connectivity index (χ0n) is 18.4. The molecule has 2 rings (SSSR count). The van der Waals surface area contributed by atoms with E-state index in [1.54, 1.807) is 41.1 Å². The summed E-state index contributed by atoms with van der Waals surface area (Å²) in [7, 11) is 3.61. The molecule has 0 heterocycles. The molecule has 0 unspecified atom stereocenters. The molecule has 0 aliphatic carbocycles. The van der Waals surface area contributed by atoms with Crippen molar-refractivity contribution < 1.29 is 19.4 Å². The number of hydrogen-bond donors (Lipinski definition) is 1. The third-order valence-corrected chi connectivity index (χ3v) is 5.69. The Kier molecular flexibility index (Phi) is 9.85. The Bertz CT molecular complexity index is 870. The maximum Gasteiger partial charge on any atom is 0.226 e. The lowest BCUT2D eigenvalue weighted by molar-refractivity contribution is -0.130. The summed E-state index contributed by atoms with van der Waals surface area (Å²) in [6.07, 6.45) is 2.33. The van der Waals surface area contributed by atoms with Crippen molar-refractivity contribution in [2.75, 3.05) is 33.8 Å². The number of carbonyl (C=O) groups is 2. The van der Waals surface area contributed by atoms with Crippen LogP contribution in [0.1, 0.15) is 30.9 Å². The van der Waals surface area contributed by atoms with Crippen molar-refractivity contribution in [3.05, 3.63) is 58.1 Å². The minimum atomic E-state index is 0.0303. The predicted octanol–water partition coefficient (Wildman–Crippen LogP) is 4.04. The van der Waals surface area contributed by atoms with E-state index in [1.807, 2.05) is 32.2 Å². The van der Waals surface area contributed by atoms with Gasteiger partial charge in [-0.1, -0.05) is 25.1 Å². The van der Waals surface area contributed by atoms with E-state index in [0.717, 1.165) is 34.2 Å². The van der Waals surface area contributed by atoms with Gasteiger partial charge in [0.2, 0.25) is 11.8 Å². The number of likely N-dealkylation sites (N-methyl/N-ethyl adjacent to an activating group) is 2. The molecule has 0 aliphatic rings. The number of hydrogen-bond acceptors (Lipinski definition) is 4. The van der Waals surface area contributed by atoms with E-state index in [1.165, 1.54) is 0 Å². The third-order valence-electron chi connectivity index (χ3n) is 5.07. The molecule has 0 saturated carbocycles. The molecule has 0 aliphatic heterocycles. The quantitative estimate of drug-likeness (QED) is 0.482. The van der Waals surface area contributed by atoms with Crippen molar-refractivity contribution in [1.82, 2.24) is 9.80 Å². The Labute approximate surface area is 192 Å². The summed E-state index contributed by atoms with van der Waals surface area (Å²) in [4.78, 5) is 27.4. The van der Waals surface area contributed by atoms with Crippen LogP contribution < -0.4 is 4.74 Å². The maximum absolute atomic E-state index is 12.3. The largest absolute Gasteiger partial charge is 0.508 e. The lowest BCUT2D eigenvalue weighted by Gasteiger charge is -2.18. The van der Waals surface area contributed by atoms with E-state index in [4.69, 9.17) is 4.74 Å². The molecule has 0 atom stereocenters. The Balaban J connectivity index is 1.73. The Morgan fingerprint density at radius 2 is 1.61 bits per heavy atom. The average molecular weight is 491 g/mol. The molecular formula is C24H31BrN2O4. The van der Waals surface area contributed by atoms with Gasteiger partial charge in [-0.15, -0.1) is 0 Å². The molecule has 0 saturated heterocycles. The Hall–Kier alpha value is -2.54. The number of phenolic OH excluding ortho intramolecular Hbond substituents is 1. The molecule has 0 fully saturated rings. The molecule has 7 heteroatoms. The summed E-state index contributed by atoms with van der Waals surface area (Å²) < 4.78 is 6.74. The van der Waals surface area contributed by atoms with Crippen LogP contribution in [0, 0.1) is 0 Å². The SMILES string of the molecule is CCC(=O)N(C)CCc1ccc(OCCCN(C)C(=O)Cc2ccc(O)cc2)c(Br)c1. The highest BCUT2D eigenvalue weighted by atomic mass is 79.9. The summed E-state index contributed by atoms with van der Waals surface area (Å²) in [5.74, 6) is 1.13. The summed E-state index contributed by atoms with van der Waals surface area (Å²) in [5, 5.41) is 9.32. The van der Waals surface area contributed by atoms with Gasteiger partial charge in [-0.05, 0) is 64.2 Å². The van der Waals surface area contributed by atoms with Gasteiger partial charge in [0.05, 0.1) is 17.5 Å². The van der Waals surface area contributed by atoms with Crippen LogP contribution in [-0.4, -0.2) is 60.5 Å². The van der Waals surface area contributed by atoms with Crippen LogP contribution in [-0.2, 0) is 22.4 Å². The highest BCUT2D eigenvalue weighted by Gasteiger charge is 2.11. The van der Waals surface area contributed by atoms with Crippen LogP contribution in [0.2, 0.25) is 0 Å². The zero-order chi connectivity index (χ0) is 22.8. The average Bonchev–Trinajstić information content (AvgIpc) is 2.76. The topological polar surface area (TPSA) is 70.1 Å². The highest BCUT2D eigenvalue weighted by molar-refractivity contribution is 9.10. The number of phenols is 1. The summed E-state index contributed by atoms with van der Waals surface area (Å²) in [6.45, 7) is 3.65. The Morgan fingerprint density at radius 3 is 2.26 bits per heavy atom. The molecular weight excluding hydrogens is 460 g/mol. The number of aromatic hydroxyl groups is 1. The molecule has 6 nitrogen and oxygen atoms in total. The first kappa shape index (κ1) is 24.7. The van der Waals surface area contributed by atoms with Gasteiger partial charge in [0.1, 0.15) is 11.5 Å². The number of carbonyl (C=O) groups excluding carboxylic acids is 2. The fraction of sp³-hybridized carbons (Fsp3) is 0.417. The summed E-state index contributed by atoms with van der Waals surface area (Å²) in [5.41, 5.74) is 2.01. The molecule has 31 heavy (non-hydrogen) atoms. The number of benzene rings is 2. The van der Waals surface area contributed by atoms with Crippen molar-refractivity contribution in [2.45, 2.75) is 32.6 Å². The molecule has 0 aromatic heterocycles. The molecule has 2 aromatic rings. The van der Waals surface area contributed by atoms with Gasteiger partial charge in [0.15, 0.2) is 0 Å². The smallest absolute Gasteiger partial charge is 0.226 e. The molecule has 2 amide bonds. The van der Waals surface area contributed by atoms with Gasteiger partial charge < -0.3 is 19.6 Å². The fourth-order valence-corrected chi connectivity index (χ4v) is 3.58. The maximum atomic E-state index is 12.3. The normalized spacial score (nSPS) is 10.6. The van der Waals surface area contributed by atoms with Crippen LogP contribution >= 0.6 is 15.9 Å². The molecule has 0 bridgehead atoms. The van der Waals surface area contributed by atoms with Gasteiger partial charge in [0, 0.05) is 33.6 Å². The highest BCUT2D eigenvalue weighted by Crippen LogP contribution is 2.26. The minimum absolute atomic E-state index is 0.0303. The first-order chi connectivity index (χ1) is 14.8. The second-order valence-corrected chi connectivity index (χ2v) is 8.40. The molecule has 0 spiro atoms. The zero-order valence-corrected chi connectivity index (χ0v) is 20.0. The van der Waals surface area contributed by atoms with Crippen LogP contribution in [0.15, 0.2) is 46.9 Å². The third kappa shape index (κ3) is 8.25. The number of halogens is 1. The van der Waals surface area contributed by atoms with Crippen molar-refractivity contribution in [3.63, 3.8) is 0 Å². The van der Waals surface area contributed by atoms with E-state index in [2.05, 4.69) is 15.9 Å². The molecule has 1 N–H and O–H groups in total. The van der Waals surface area contributed by atoms with Crippen molar-refractivity contribution in [3.8, 4) is 11.5 Å². The monoisotopic (exact) mass is 490 g/mol. The second kappa shape index (κ2) is 12.3. The van der Waals surface area contributed by atoms with Crippen LogP contribution in [0.3, 0.4) is 0 Å². The molecule has 168 valence electrons. The van der Waals surface area contributed by atoms with Crippen molar-refractivity contribution in [1.29, 1.82) is 0 Å².